The van der Waals surface area contributed by atoms with E-state index >= 15 is 0 Å². The standard InChI is InChI=1S/C22H38N6O2/c1-14(2)13-28(16(9-12-29)15-7-10-23-11-8-15)21-24-17-18(20(30)25-21)27(6)26-19(17)22(3,4)5/h14-16,23,29H,7-13H2,1-6H3,(H,24,25,30). The number of aliphatic hydroxyl groups is 1. The second-order valence-electron chi connectivity index (χ2n) is 10.0. The quantitative estimate of drug-likeness (QED) is 0.637. The van der Waals surface area contributed by atoms with Gasteiger partial charge in [-0.05, 0) is 44.2 Å². The fourth-order valence-corrected chi connectivity index (χ4v) is 4.59. The van der Waals surface area contributed by atoms with Gasteiger partial charge in [0.05, 0.1) is 5.69 Å². The third-order valence-corrected chi connectivity index (χ3v) is 5.98. The second kappa shape index (κ2) is 9.06. The first-order chi connectivity index (χ1) is 14.1. The van der Waals surface area contributed by atoms with Gasteiger partial charge in [0.15, 0.2) is 5.52 Å². The smallest absolute Gasteiger partial charge is 0.278 e. The maximum Gasteiger partial charge on any atom is 0.278 e. The van der Waals surface area contributed by atoms with Gasteiger partial charge in [-0.15, -0.1) is 0 Å². The predicted octanol–water partition coefficient (Wildman–Crippen LogP) is 2.17. The summed E-state index contributed by atoms with van der Waals surface area (Å²) in [4.78, 5) is 23.3. The Balaban J connectivity index is 2.14. The molecule has 1 aliphatic rings. The molecule has 168 valence electrons. The summed E-state index contributed by atoms with van der Waals surface area (Å²) in [6, 6.07) is 0.134. The van der Waals surface area contributed by atoms with Crippen LogP contribution in [0.25, 0.3) is 11.0 Å². The molecule has 8 nitrogen and oxygen atoms in total. The molecule has 1 atom stereocenters. The lowest BCUT2D eigenvalue weighted by Gasteiger charge is -2.40. The zero-order valence-electron chi connectivity index (χ0n) is 19.3. The van der Waals surface area contributed by atoms with Crippen molar-refractivity contribution in [3.63, 3.8) is 0 Å². The minimum absolute atomic E-state index is 0.121. The highest BCUT2D eigenvalue weighted by Crippen LogP contribution is 2.30. The van der Waals surface area contributed by atoms with Gasteiger partial charge >= 0.3 is 0 Å². The first-order valence-electron chi connectivity index (χ1n) is 11.2. The topological polar surface area (TPSA) is 99.1 Å². The van der Waals surface area contributed by atoms with E-state index in [4.69, 9.17) is 4.98 Å². The van der Waals surface area contributed by atoms with Crippen molar-refractivity contribution < 1.29 is 5.11 Å². The Bertz CT molecular complexity index is 905. The van der Waals surface area contributed by atoms with Crippen LogP contribution in [0.3, 0.4) is 0 Å². The third-order valence-electron chi connectivity index (χ3n) is 5.98. The number of H-pyrrole nitrogens is 1. The van der Waals surface area contributed by atoms with Crippen molar-refractivity contribution >= 4 is 17.0 Å². The van der Waals surface area contributed by atoms with Crippen molar-refractivity contribution in [2.24, 2.45) is 18.9 Å². The fraction of sp³-hybridized carbons (Fsp3) is 0.773. The first kappa shape index (κ1) is 22.7. The lowest BCUT2D eigenvalue weighted by molar-refractivity contribution is 0.224. The number of fused-ring (bicyclic) bond motifs is 1. The van der Waals surface area contributed by atoms with Gasteiger partial charge in [0.1, 0.15) is 5.52 Å². The van der Waals surface area contributed by atoms with Crippen LogP contribution in [0.1, 0.15) is 59.6 Å². The number of aromatic amines is 1. The molecule has 2 aromatic rings. The number of nitrogens with zero attached hydrogens (tertiary/aromatic N) is 4. The summed E-state index contributed by atoms with van der Waals surface area (Å²) in [5.41, 5.74) is 1.62. The summed E-state index contributed by atoms with van der Waals surface area (Å²) in [5.74, 6) is 1.44. The zero-order chi connectivity index (χ0) is 22.1. The van der Waals surface area contributed by atoms with Gasteiger partial charge in [0.2, 0.25) is 5.95 Å². The van der Waals surface area contributed by atoms with Crippen LogP contribution in [0.4, 0.5) is 5.95 Å². The van der Waals surface area contributed by atoms with E-state index in [9.17, 15) is 9.90 Å². The highest BCUT2D eigenvalue weighted by Gasteiger charge is 2.32. The molecule has 3 rings (SSSR count). The molecule has 1 saturated heterocycles. The minimum atomic E-state index is -0.222. The normalized spacial score (nSPS) is 17.1. The molecule has 0 aromatic carbocycles. The van der Waals surface area contributed by atoms with E-state index in [-0.39, 0.29) is 23.6 Å². The lowest BCUT2D eigenvalue weighted by Crippen LogP contribution is -2.48. The summed E-state index contributed by atoms with van der Waals surface area (Å²) in [5, 5.41) is 17.9. The molecule has 0 amide bonds. The number of hydrogen-bond acceptors (Lipinski definition) is 6. The molecule has 30 heavy (non-hydrogen) atoms. The van der Waals surface area contributed by atoms with Crippen LogP contribution in [-0.2, 0) is 12.5 Å². The van der Waals surface area contributed by atoms with Gasteiger partial charge in [-0.3, -0.25) is 14.5 Å². The summed E-state index contributed by atoms with van der Waals surface area (Å²) in [6.45, 7) is 13.5. The van der Waals surface area contributed by atoms with E-state index in [1.54, 1.807) is 11.7 Å². The summed E-state index contributed by atoms with van der Waals surface area (Å²) >= 11 is 0. The Morgan fingerprint density at radius 2 is 1.93 bits per heavy atom. The van der Waals surface area contributed by atoms with Crippen molar-refractivity contribution in [1.82, 2.24) is 25.1 Å². The molecule has 8 heteroatoms. The molecule has 3 heterocycles. The highest BCUT2D eigenvalue weighted by atomic mass is 16.3. The van der Waals surface area contributed by atoms with Gasteiger partial charge < -0.3 is 15.3 Å². The number of piperidine rings is 1. The molecular formula is C22H38N6O2. The van der Waals surface area contributed by atoms with E-state index in [0.717, 1.165) is 38.2 Å². The maximum absolute atomic E-state index is 13.1. The van der Waals surface area contributed by atoms with Gasteiger partial charge in [-0.25, -0.2) is 4.98 Å². The van der Waals surface area contributed by atoms with Crippen molar-refractivity contribution in [2.45, 2.75) is 65.3 Å². The molecule has 3 N–H and O–H groups in total. The average molecular weight is 419 g/mol. The molecule has 2 aromatic heterocycles. The van der Waals surface area contributed by atoms with Gasteiger partial charge in [0.25, 0.3) is 5.56 Å². The summed E-state index contributed by atoms with van der Waals surface area (Å²) in [7, 11) is 1.80. The number of nitrogens with one attached hydrogen (secondary N) is 2. The third kappa shape index (κ3) is 4.70. The Morgan fingerprint density at radius 1 is 1.27 bits per heavy atom. The Kier molecular flexibility index (Phi) is 6.87. The fourth-order valence-electron chi connectivity index (χ4n) is 4.59. The number of aliphatic hydroxyl groups excluding tert-OH is 1. The molecular weight excluding hydrogens is 380 g/mol. The molecule has 1 aliphatic heterocycles. The largest absolute Gasteiger partial charge is 0.396 e. The van der Waals surface area contributed by atoms with Crippen LogP contribution in [0.15, 0.2) is 4.79 Å². The molecule has 0 aliphatic carbocycles. The monoisotopic (exact) mass is 418 g/mol. The number of hydrogen-bond donors (Lipinski definition) is 3. The Labute approximate surface area is 179 Å². The SMILES string of the molecule is CC(C)CN(c1nc2c(C(C)(C)C)nn(C)c2c(=O)[nH]1)C(CCO)C1CCNCC1. The van der Waals surface area contributed by atoms with E-state index < -0.39 is 0 Å². The van der Waals surface area contributed by atoms with E-state index in [2.05, 4.69) is 54.9 Å². The Hall–Kier alpha value is -1.93. The van der Waals surface area contributed by atoms with Crippen molar-refractivity contribution in [1.29, 1.82) is 0 Å². The van der Waals surface area contributed by atoms with E-state index in [1.165, 1.54) is 0 Å². The van der Waals surface area contributed by atoms with E-state index in [0.29, 0.717) is 35.2 Å². The minimum Gasteiger partial charge on any atom is -0.396 e. The Morgan fingerprint density at radius 3 is 2.50 bits per heavy atom. The van der Waals surface area contributed by atoms with Crippen molar-refractivity contribution in [2.75, 3.05) is 31.1 Å². The number of rotatable bonds is 7. The summed E-state index contributed by atoms with van der Waals surface area (Å²) in [6.07, 6.45) is 2.79. The highest BCUT2D eigenvalue weighted by molar-refractivity contribution is 5.79. The van der Waals surface area contributed by atoms with Crippen molar-refractivity contribution in [3.05, 3.63) is 16.0 Å². The van der Waals surface area contributed by atoms with Crippen LogP contribution in [0, 0.1) is 11.8 Å². The van der Waals surface area contributed by atoms with Crippen LogP contribution in [-0.4, -0.2) is 57.1 Å². The lowest BCUT2D eigenvalue weighted by atomic mass is 9.87. The number of aromatic nitrogens is 4. The first-order valence-corrected chi connectivity index (χ1v) is 11.2. The van der Waals surface area contributed by atoms with Crippen LogP contribution in [0.2, 0.25) is 0 Å². The molecule has 0 bridgehead atoms. The summed E-state index contributed by atoms with van der Waals surface area (Å²) < 4.78 is 1.64. The van der Waals surface area contributed by atoms with Gasteiger partial charge in [0, 0.05) is 31.7 Å². The molecule has 1 unspecified atom stereocenters. The number of aryl methyl sites for hydroxylation is 1. The van der Waals surface area contributed by atoms with Crippen LogP contribution >= 0.6 is 0 Å². The number of anilines is 1. The van der Waals surface area contributed by atoms with Crippen molar-refractivity contribution in [3.8, 4) is 0 Å². The van der Waals surface area contributed by atoms with Crippen LogP contribution < -0.4 is 15.8 Å². The maximum atomic E-state index is 13.1. The second-order valence-corrected chi connectivity index (χ2v) is 10.0. The van der Waals surface area contributed by atoms with Crippen LogP contribution in [0.5, 0.6) is 0 Å². The van der Waals surface area contributed by atoms with E-state index in [1.807, 2.05) is 0 Å². The molecule has 0 spiro atoms. The molecule has 1 fully saturated rings. The van der Waals surface area contributed by atoms with Gasteiger partial charge in [-0.2, -0.15) is 5.10 Å². The molecule has 0 radical (unpaired) electrons. The van der Waals surface area contributed by atoms with Gasteiger partial charge in [-0.1, -0.05) is 34.6 Å². The molecule has 0 saturated carbocycles. The average Bonchev–Trinajstić information content (AvgIpc) is 3.02. The predicted molar refractivity (Wildman–Crippen MR) is 121 cm³/mol. The zero-order valence-corrected chi connectivity index (χ0v) is 19.3.